The van der Waals surface area contributed by atoms with Crippen LogP contribution in [0.5, 0.6) is 11.5 Å². The summed E-state index contributed by atoms with van der Waals surface area (Å²) >= 11 is 0. The second-order valence-corrected chi connectivity index (χ2v) is 6.53. The lowest BCUT2D eigenvalue weighted by molar-refractivity contribution is -0.148. The predicted octanol–water partition coefficient (Wildman–Crippen LogP) is 0.387. The molecule has 7 nitrogen and oxygen atoms in total. The van der Waals surface area contributed by atoms with Crippen LogP contribution in [0.15, 0.2) is 18.2 Å². The molecule has 3 aliphatic heterocycles. The topological polar surface area (TPSA) is 68.3 Å². The molecular weight excluding hydrogens is 312 g/mol. The molecular formula is C17H20N2O5. The molecule has 24 heavy (non-hydrogen) atoms. The number of Topliss-reactive ketones (excluding diaryl/α,β-unsaturated/α-hetero) is 1. The maximum absolute atomic E-state index is 12.4. The smallest absolute Gasteiger partial charge is 0.231 e. The van der Waals surface area contributed by atoms with Crippen LogP contribution in [-0.4, -0.2) is 74.2 Å². The highest BCUT2D eigenvalue weighted by molar-refractivity contribution is 6.00. The molecule has 0 saturated carbocycles. The molecule has 3 aliphatic rings. The van der Waals surface area contributed by atoms with Crippen molar-refractivity contribution in [3.8, 4) is 11.5 Å². The number of ether oxygens (including phenoxy) is 3. The van der Waals surface area contributed by atoms with Crippen LogP contribution in [0.3, 0.4) is 0 Å². The highest BCUT2D eigenvalue weighted by Gasteiger charge is 2.40. The third kappa shape index (κ3) is 2.74. The van der Waals surface area contributed by atoms with Gasteiger partial charge in [-0.25, -0.2) is 0 Å². The summed E-state index contributed by atoms with van der Waals surface area (Å²) in [5, 5.41) is 0. The molecule has 0 bridgehead atoms. The number of nitrogens with zero attached hydrogens (tertiary/aromatic N) is 2. The first-order valence-electron chi connectivity index (χ1n) is 8.11. The Kier molecular flexibility index (Phi) is 3.90. The Labute approximate surface area is 140 Å². The minimum absolute atomic E-state index is 0.0137. The average molecular weight is 332 g/mol. The lowest BCUT2D eigenvalue weighted by Gasteiger charge is -2.47. The summed E-state index contributed by atoms with van der Waals surface area (Å²) in [5.74, 6) is 1.13. The van der Waals surface area contributed by atoms with E-state index in [0.29, 0.717) is 23.1 Å². The maximum Gasteiger partial charge on any atom is 0.231 e. The normalized spacial score (nSPS) is 20.4. The fourth-order valence-electron chi connectivity index (χ4n) is 3.17. The number of carbonyl (C=O) groups is 2. The summed E-state index contributed by atoms with van der Waals surface area (Å²) in [4.78, 5) is 28.6. The van der Waals surface area contributed by atoms with E-state index in [1.165, 1.54) is 4.90 Å². The lowest BCUT2D eigenvalue weighted by atomic mass is 9.95. The fourth-order valence-corrected chi connectivity index (χ4v) is 3.17. The molecule has 2 fully saturated rings. The zero-order valence-corrected chi connectivity index (χ0v) is 13.6. The van der Waals surface area contributed by atoms with Crippen molar-refractivity contribution >= 4 is 11.7 Å². The molecule has 0 aromatic heterocycles. The minimum atomic E-state index is -0.104. The molecule has 1 amide bonds. The summed E-state index contributed by atoms with van der Waals surface area (Å²) in [6.45, 7) is 3.29. The second kappa shape index (κ2) is 6.07. The number of benzene rings is 1. The summed E-state index contributed by atoms with van der Waals surface area (Å²) in [6, 6.07) is 5.57. The van der Waals surface area contributed by atoms with Crippen molar-refractivity contribution in [1.82, 2.24) is 9.80 Å². The van der Waals surface area contributed by atoms with Crippen molar-refractivity contribution in [2.24, 2.45) is 5.92 Å². The summed E-state index contributed by atoms with van der Waals surface area (Å²) in [6.07, 6.45) is 0. The number of likely N-dealkylation sites (tertiary alicyclic amines) is 1. The van der Waals surface area contributed by atoms with Crippen molar-refractivity contribution < 1.29 is 23.8 Å². The lowest BCUT2D eigenvalue weighted by Crippen LogP contribution is -2.62. The van der Waals surface area contributed by atoms with Gasteiger partial charge in [-0.05, 0) is 18.2 Å². The van der Waals surface area contributed by atoms with Crippen LogP contribution in [-0.2, 0) is 9.53 Å². The van der Waals surface area contributed by atoms with Gasteiger partial charge in [-0.15, -0.1) is 0 Å². The Morgan fingerprint density at radius 3 is 2.67 bits per heavy atom. The highest BCUT2D eigenvalue weighted by Crippen LogP contribution is 2.32. The SMILES string of the molecule is CN(CC(=O)c1ccc2c(c1)OCO2)C(=O)C1CN(C2COC2)C1. The first-order valence-corrected chi connectivity index (χ1v) is 8.11. The Morgan fingerprint density at radius 1 is 1.21 bits per heavy atom. The van der Waals surface area contributed by atoms with E-state index in [0.717, 1.165) is 26.3 Å². The van der Waals surface area contributed by atoms with Crippen molar-refractivity contribution in [3.63, 3.8) is 0 Å². The van der Waals surface area contributed by atoms with Crippen molar-refractivity contribution in [2.75, 3.05) is 46.7 Å². The van der Waals surface area contributed by atoms with Gasteiger partial charge < -0.3 is 19.1 Å². The van der Waals surface area contributed by atoms with Crippen LogP contribution in [0, 0.1) is 5.92 Å². The molecule has 4 rings (SSSR count). The number of hydrogen-bond donors (Lipinski definition) is 0. The molecule has 0 unspecified atom stereocenters. The molecule has 0 aliphatic carbocycles. The van der Waals surface area contributed by atoms with Crippen LogP contribution in [0.4, 0.5) is 0 Å². The van der Waals surface area contributed by atoms with Crippen molar-refractivity contribution in [2.45, 2.75) is 6.04 Å². The van der Waals surface area contributed by atoms with Crippen molar-refractivity contribution in [3.05, 3.63) is 23.8 Å². The number of likely N-dealkylation sites (N-methyl/N-ethyl adjacent to an activating group) is 1. The van der Waals surface area contributed by atoms with Gasteiger partial charge in [0.2, 0.25) is 12.7 Å². The van der Waals surface area contributed by atoms with Gasteiger partial charge >= 0.3 is 0 Å². The number of ketones is 1. The zero-order chi connectivity index (χ0) is 16.7. The highest BCUT2D eigenvalue weighted by atomic mass is 16.7. The van der Waals surface area contributed by atoms with E-state index in [2.05, 4.69) is 4.90 Å². The van der Waals surface area contributed by atoms with E-state index in [9.17, 15) is 9.59 Å². The molecule has 2 saturated heterocycles. The molecule has 0 atom stereocenters. The van der Waals surface area contributed by atoms with Gasteiger partial charge in [-0.1, -0.05) is 0 Å². The van der Waals surface area contributed by atoms with Crippen LogP contribution >= 0.6 is 0 Å². The van der Waals surface area contributed by atoms with Gasteiger partial charge in [0.25, 0.3) is 0 Å². The second-order valence-electron chi connectivity index (χ2n) is 6.53. The number of rotatable bonds is 5. The molecule has 7 heteroatoms. The standard InChI is InChI=1S/C17H20N2O5/c1-18(17(21)12-5-19(6-12)13-8-22-9-13)7-14(20)11-2-3-15-16(4-11)24-10-23-15/h2-4,12-13H,5-10H2,1H3. The van der Waals surface area contributed by atoms with E-state index in [1.54, 1.807) is 25.2 Å². The zero-order valence-electron chi connectivity index (χ0n) is 13.6. The van der Waals surface area contributed by atoms with Gasteiger partial charge in [0, 0.05) is 25.7 Å². The molecule has 128 valence electrons. The Morgan fingerprint density at radius 2 is 1.96 bits per heavy atom. The van der Waals surface area contributed by atoms with Gasteiger partial charge in [-0.2, -0.15) is 0 Å². The van der Waals surface area contributed by atoms with Gasteiger partial charge in [0.05, 0.1) is 31.7 Å². The third-order valence-electron chi connectivity index (χ3n) is 4.85. The summed E-state index contributed by atoms with van der Waals surface area (Å²) in [5.41, 5.74) is 0.528. The molecule has 1 aromatic rings. The van der Waals surface area contributed by atoms with E-state index >= 15 is 0 Å². The molecule has 0 spiro atoms. The number of hydrogen-bond acceptors (Lipinski definition) is 6. The van der Waals surface area contributed by atoms with Gasteiger partial charge in [-0.3, -0.25) is 14.5 Å². The van der Waals surface area contributed by atoms with Gasteiger partial charge in [0.15, 0.2) is 17.3 Å². The summed E-state index contributed by atoms with van der Waals surface area (Å²) in [7, 11) is 1.68. The Balaban J connectivity index is 1.31. The maximum atomic E-state index is 12.4. The number of fused-ring (bicyclic) bond motifs is 1. The van der Waals surface area contributed by atoms with Crippen LogP contribution in [0.25, 0.3) is 0 Å². The fraction of sp³-hybridized carbons (Fsp3) is 0.529. The van der Waals surface area contributed by atoms with Crippen LogP contribution in [0.1, 0.15) is 10.4 Å². The van der Waals surface area contributed by atoms with E-state index in [4.69, 9.17) is 14.2 Å². The molecule has 0 N–H and O–H groups in total. The summed E-state index contributed by atoms with van der Waals surface area (Å²) < 4.78 is 15.7. The Hall–Kier alpha value is -2.12. The predicted molar refractivity (Wildman–Crippen MR) is 84.2 cm³/mol. The first-order chi connectivity index (χ1) is 11.6. The number of amides is 1. The van der Waals surface area contributed by atoms with Crippen LogP contribution < -0.4 is 9.47 Å². The molecule has 0 radical (unpaired) electrons. The van der Waals surface area contributed by atoms with E-state index in [-0.39, 0.29) is 30.9 Å². The van der Waals surface area contributed by atoms with E-state index in [1.807, 2.05) is 0 Å². The monoisotopic (exact) mass is 332 g/mol. The first kappa shape index (κ1) is 15.4. The van der Waals surface area contributed by atoms with E-state index < -0.39 is 0 Å². The third-order valence-corrected chi connectivity index (χ3v) is 4.85. The number of carbonyl (C=O) groups excluding carboxylic acids is 2. The van der Waals surface area contributed by atoms with Gasteiger partial charge in [0.1, 0.15) is 0 Å². The molecule has 1 aromatic carbocycles. The van der Waals surface area contributed by atoms with Crippen molar-refractivity contribution in [1.29, 1.82) is 0 Å². The Bertz CT molecular complexity index is 667. The molecule has 3 heterocycles. The quantitative estimate of drug-likeness (QED) is 0.727. The van der Waals surface area contributed by atoms with Crippen LogP contribution in [0.2, 0.25) is 0 Å². The average Bonchev–Trinajstić information content (AvgIpc) is 2.95. The minimum Gasteiger partial charge on any atom is -0.454 e. The largest absolute Gasteiger partial charge is 0.454 e.